The molecule has 0 unspecified atom stereocenters. The molecule has 0 radical (unpaired) electrons. The third-order valence-electron chi connectivity index (χ3n) is 3.32. The van der Waals surface area contributed by atoms with Crippen molar-refractivity contribution in [1.82, 2.24) is 0 Å². The van der Waals surface area contributed by atoms with E-state index in [1.54, 1.807) is 14.2 Å². The lowest BCUT2D eigenvalue weighted by Crippen LogP contribution is -2.18. The van der Waals surface area contributed by atoms with Gasteiger partial charge in [-0.3, -0.25) is 0 Å². The van der Waals surface area contributed by atoms with Gasteiger partial charge in [0.25, 0.3) is 0 Å². The average molecular weight is 256 g/mol. The molecule has 19 heavy (non-hydrogen) atoms. The van der Waals surface area contributed by atoms with E-state index in [2.05, 4.69) is 36.4 Å². The van der Waals surface area contributed by atoms with Crippen molar-refractivity contribution in [3.63, 3.8) is 0 Å². The molecule has 2 atom stereocenters. The maximum Gasteiger partial charge on any atom is 0.0911 e. The highest BCUT2D eigenvalue weighted by Crippen LogP contribution is 2.33. The van der Waals surface area contributed by atoms with Crippen LogP contribution in [0.5, 0.6) is 0 Å². The Morgan fingerprint density at radius 2 is 1.32 bits per heavy atom. The molecule has 0 N–H and O–H groups in total. The fourth-order valence-corrected chi connectivity index (χ4v) is 2.41. The molecule has 0 saturated carbocycles. The Balaban J connectivity index is 2.31. The van der Waals surface area contributed by atoms with Crippen molar-refractivity contribution < 1.29 is 9.47 Å². The first kappa shape index (κ1) is 13.8. The minimum atomic E-state index is 0.00329. The van der Waals surface area contributed by atoms with E-state index >= 15 is 0 Å². The van der Waals surface area contributed by atoms with Gasteiger partial charge in [-0.05, 0) is 11.1 Å². The highest BCUT2D eigenvalue weighted by Gasteiger charge is 2.24. The molecule has 0 fully saturated rings. The van der Waals surface area contributed by atoms with Crippen LogP contribution < -0.4 is 0 Å². The monoisotopic (exact) mass is 256 g/mol. The predicted molar refractivity (Wildman–Crippen MR) is 77.3 cm³/mol. The van der Waals surface area contributed by atoms with Crippen LogP contribution in [-0.2, 0) is 9.47 Å². The van der Waals surface area contributed by atoms with Crippen molar-refractivity contribution in [2.45, 2.75) is 12.0 Å². The molecule has 0 aliphatic carbocycles. The van der Waals surface area contributed by atoms with Gasteiger partial charge in [-0.1, -0.05) is 60.7 Å². The molecule has 0 aliphatic heterocycles. The molecule has 0 aromatic heterocycles. The lowest BCUT2D eigenvalue weighted by Gasteiger charge is -2.26. The third kappa shape index (κ3) is 3.43. The molecule has 100 valence electrons. The minimum absolute atomic E-state index is 0.00329. The molecule has 0 aliphatic rings. The Morgan fingerprint density at radius 3 is 1.79 bits per heavy atom. The standard InChI is InChI=1S/C17H20O2/c1-18-13-16(14-9-5-3-6-10-14)17(19-2)15-11-7-4-8-12-15/h3-12,16-17H,13H2,1-2H3/t16-,17-/m1/s1. The van der Waals surface area contributed by atoms with E-state index < -0.39 is 0 Å². The topological polar surface area (TPSA) is 18.5 Å². The van der Waals surface area contributed by atoms with Crippen LogP contribution >= 0.6 is 0 Å². The molecule has 0 saturated heterocycles. The summed E-state index contributed by atoms with van der Waals surface area (Å²) in [5.74, 6) is 0.193. The molecular formula is C17H20O2. The summed E-state index contributed by atoms with van der Waals surface area (Å²) in [5, 5.41) is 0. The minimum Gasteiger partial charge on any atom is -0.384 e. The Kier molecular flexibility index (Phi) is 5.13. The zero-order valence-corrected chi connectivity index (χ0v) is 11.5. The molecule has 0 amide bonds. The summed E-state index contributed by atoms with van der Waals surface area (Å²) in [5.41, 5.74) is 2.41. The second-order valence-electron chi connectivity index (χ2n) is 4.54. The fraction of sp³-hybridized carbons (Fsp3) is 0.294. The van der Waals surface area contributed by atoms with Gasteiger partial charge in [0.15, 0.2) is 0 Å². The Morgan fingerprint density at radius 1 is 0.789 bits per heavy atom. The molecule has 0 spiro atoms. The summed E-state index contributed by atoms with van der Waals surface area (Å²) >= 11 is 0. The van der Waals surface area contributed by atoms with Gasteiger partial charge in [0.2, 0.25) is 0 Å². The molecule has 0 bridgehead atoms. The van der Waals surface area contributed by atoms with Crippen LogP contribution in [0.25, 0.3) is 0 Å². The van der Waals surface area contributed by atoms with Crippen LogP contribution in [-0.4, -0.2) is 20.8 Å². The van der Waals surface area contributed by atoms with E-state index in [0.29, 0.717) is 6.61 Å². The van der Waals surface area contributed by atoms with E-state index in [4.69, 9.17) is 9.47 Å². The molecule has 2 heteroatoms. The van der Waals surface area contributed by atoms with Gasteiger partial charge in [0, 0.05) is 20.1 Å². The smallest absolute Gasteiger partial charge is 0.0911 e. The van der Waals surface area contributed by atoms with Crippen molar-refractivity contribution >= 4 is 0 Å². The average Bonchev–Trinajstić information content (AvgIpc) is 2.49. The number of ether oxygens (including phenoxy) is 2. The highest BCUT2D eigenvalue weighted by molar-refractivity contribution is 5.27. The second kappa shape index (κ2) is 7.07. The molecule has 2 nitrogen and oxygen atoms in total. The largest absolute Gasteiger partial charge is 0.384 e. The van der Waals surface area contributed by atoms with Crippen LogP contribution in [0.15, 0.2) is 60.7 Å². The molecule has 0 heterocycles. The maximum atomic E-state index is 5.73. The molecule has 2 rings (SSSR count). The van der Waals surface area contributed by atoms with Crippen LogP contribution in [0.1, 0.15) is 23.1 Å². The number of hydrogen-bond donors (Lipinski definition) is 0. The first-order valence-corrected chi connectivity index (χ1v) is 6.48. The quantitative estimate of drug-likeness (QED) is 0.782. The molecule has 2 aromatic carbocycles. The van der Waals surface area contributed by atoms with Gasteiger partial charge >= 0.3 is 0 Å². The SMILES string of the molecule is COC[C@H](c1ccccc1)[C@H](OC)c1ccccc1. The fourth-order valence-electron chi connectivity index (χ4n) is 2.41. The van der Waals surface area contributed by atoms with Crippen molar-refractivity contribution in [3.8, 4) is 0 Å². The summed E-state index contributed by atoms with van der Waals surface area (Å²) in [6, 6.07) is 20.7. The van der Waals surface area contributed by atoms with Gasteiger partial charge in [0.1, 0.15) is 0 Å². The Labute approximate surface area is 115 Å². The number of rotatable bonds is 6. The summed E-state index contributed by atoms with van der Waals surface area (Å²) in [6.07, 6.45) is 0.00329. The number of benzene rings is 2. The second-order valence-corrected chi connectivity index (χ2v) is 4.54. The molecular weight excluding hydrogens is 236 g/mol. The van der Waals surface area contributed by atoms with E-state index in [9.17, 15) is 0 Å². The number of methoxy groups -OCH3 is 2. The van der Waals surface area contributed by atoms with Crippen molar-refractivity contribution in [2.75, 3.05) is 20.8 Å². The van der Waals surface area contributed by atoms with Gasteiger partial charge in [0.05, 0.1) is 12.7 Å². The van der Waals surface area contributed by atoms with Crippen LogP contribution in [0.4, 0.5) is 0 Å². The Bertz CT molecular complexity index is 467. The van der Waals surface area contributed by atoms with Crippen molar-refractivity contribution in [2.24, 2.45) is 0 Å². The van der Waals surface area contributed by atoms with Gasteiger partial charge in [-0.2, -0.15) is 0 Å². The van der Waals surface area contributed by atoms with Gasteiger partial charge in [-0.25, -0.2) is 0 Å². The van der Waals surface area contributed by atoms with Crippen molar-refractivity contribution in [3.05, 3.63) is 71.8 Å². The normalized spacial score (nSPS) is 14.0. The summed E-state index contributed by atoms with van der Waals surface area (Å²) < 4.78 is 11.1. The lowest BCUT2D eigenvalue weighted by atomic mass is 9.89. The zero-order chi connectivity index (χ0) is 13.5. The summed E-state index contributed by atoms with van der Waals surface area (Å²) in [6.45, 7) is 0.636. The zero-order valence-electron chi connectivity index (χ0n) is 11.5. The lowest BCUT2D eigenvalue weighted by molar-refractivity contribution is 0.0448. The first-order chi connectivity index (χ1) is 9.36. The molecule has 2 aromatic rings. The van der Waals surface area contributed by atoms with Crippen LogP contribution in [0.2, 0.25) is 0 Å². The number of hydrogen-bond acceptors (Lipinski definition) is 2. The van der Waals surface area contributed by atoms with E-state index in [1.807, 2.05) is 24.3 Å². The van der Waals surface area contributed by atoms with Gasteiger partial charge in [-0.15, -0.1) is 0 Å². The summed E-state index contributed by atoms with van der Waals surface area (Å²) in [4.78, 5) is 0. The van der Waals surface area contributed by atoms with E-state index in [-0.39, 0.29) is 12.0 Å². The van der Waals surface area contributed by atoms with E-state index in [1.165, 1.54) is 11.1 Å². The Hall–Kier alpha value is -1.64. The van der Waals surface area contributed by atoms with Crippen molar-refractivity contribution in [1.29, 1.82) is 0 Å². The first-order valence-electron chi connectivity index (χ1n) is 6.48. The van der Waals surface area contributed by atoms with E-state index in [0.717, 1.165) is 0 Å². The maximum absolute atomic E-state index is 5.73. The predicted octanol–water partition coefficient (Wildman–Crippen LogP) is 3.80. The highest BCUT2D eigenvalue weighted by atomic mass is 16.5. The summed E-state index contributed by atoms with van der Waals surface area (Å²) in [7, 11) is 3.48. The van der Waals surface area contributed by atoms with Crippen LogP contribution in [0, 0.1) is 0 Å². The van der Waals surface area contributed by atoms with Gasteiger partial charge < -0.3 is 9.47 Å². The van der Waals surface area contributed by atoms with Crippen LogP contribution in [0.3, 0.4) is 0 Å². The third-order valence-corrected chi connectivity index (χ3v) is 3.32.